The van der Waals surface area contributed by atoms with Crippen molar-refractivity contribution in [3.63, 3.8) is 0 Å². The standard InChI is InChI=1S/C76H77BN4/c1-50-41-69-71-70(42-50)80(65-37-31-55(73(5,6)7)45-61(65)51-23-15-12-16-24-51)67-44-53-49-74(8,9)48-52(53)43-64(67)77(71)63-36-34-60(47-68(63)79(69)58-32-29-54(30-33-58)72(2,3)4)81-66-38-35-59(46-62(66)75(10)39-21-22-40-76(75,81)11)78(56-25-17-13-18-26-56)57-27-19-14-20-28-57/h12-20,23-38,41-47H,21-22,39-40,48-49H2,1-11H3. The molecular formula is C76H77BN4. The monoisotopic (exact) mass is 1060 g/mol. The first-order valence-electron chi connectivity index (χ1n) is 30.0. The van der Waals surface area contributed by atoms with Gasteiger partial charge in [0.25, 0.3) is 6.71 Å². The predicted octanol–water partition coefficient (Wildman–Crippen LogP) is 18.7. The van der Waals surface area contributed by atoms with Crippen molar-refractivity contribution in [2.75, 3.05) is 19.6 Å². The van der Waals surface area contributed by atoms with Gasteiger partial charge in [-0.25, -0.2) is 0 Å². The minimum absolute atomic E-state index is 0.00458. The lowest BCUT2D eigenvalue weighted by atomic mass is 9.33. The van der Waals surface area contributed by atoms with Crippen molar-refractivity contribution in [3.8, 4) is 11.1 Å². The van der Waals surface area contributed by atoms with E-state index in [2.05, 4.69) is 290 Å². The van der Waals surface area contributed by atoms with Crippen LogP contribution in [-0.4, -0.2) is 12.3 Å². The van der Waals surface area contributed by atoms with Crippen LogP contribution in [0, 0.1) is 12.3 Å². The molecule has 0 aromatic heterocycles. The zero-order valence-electron chi connectivity index (χ0n) is 49.6. The molecule has 2 atom stereocenters. The first kappa shape index (κ1) is 51.4. The lowest BCUT2D eigenvalue weighted by molar-refractivity contribution is 0.195. The quantitative estimate of drug-likeness (QED) is 0.147. The second-order valence-electron chi connectivity index (χ2n) is 27.8. The molecule has 0 bridgehead atoms. The number of fused-ring (bicyclic) bond motifs is 8. The summed E-state index contributed by atoms with van der Waals surface area (Å²) in [6.45, 7) is 26.4. The van der Waals surface area contributed by atoms with Gasteiger partial charge in [0.2, 0.25) is 0 Å². The summed E-state index contributed by atoms with van der Waals surface area (Å²) in [5.41, 5.74) is 28.5. The van der Waals surface area contributed by atoms with Crippen molar-refractivity contribution in [2.24, 2.45) is 5.41 Å². The molecule has 14 rings (SSSR count). The first-order valence-corrected chi connectivity index (χ1v) is 30.0. The summed E-state index contributed by atoms with van der Waals surface area (Å²) in [6, 6.07) is 75.0. The van der Waals surface area contributed by atoms with Gasteiger partial charge in [-0.3, -0.25) is 0 Å². The summed E-state index contributed by atoms with van der Waals surface area (Å²) in [4.78, 5) is 10.5. The van der Waals surface area contributed by atoms with Crippen LogP contribution in [0.25, 0.3) is 11.1 Å². The summed E-state index contributed by atoms with van der Waals surface area (Å²) >= 11 is 0. The van der Waals surface area contributed by atoms with E-state index in [1.54, 1.807) is 0 Å². The largest absolute Gasteiger partial charge is 0.334 e. The summed E-state index contributed by atoms with van der Waals surface area (Å²) in [5, 5.41) is 0. The Balaban J connectivity index is 1.01. The maximum Gasteiger partial charge on any atom is 0.252 e. The Morgan fingerprint density at radius 2 is 1.02 bits per heavy atom. The van der Waals surface area contributed by atoms with Gasteiger partial charge in [-0.05, 0) is 208 Å². The number of rotatable bonds is 7. The van der Waals surface area contributed by atoms with E-state index < -0.39 is 0 Å². The number of aryl methyl sites for hydroxylation is 1. The highest BCUT2D eigenvalue weighted by atomic mass is 15.3. The van der Waals surface area contributed by atoms with Gasteiger partial charge in [-0.15, -0.1) is 0 Å². The highest BCUT2D eigenvalue weighted by Crippen LogP contribution is 2.62. The molecule has 0 amide bonds. The summed E-state index contributed by atoms with van der Waals surface area (Å²) in [7, 11) is 0. The van der Waals surface area contributed by atoms with Gasteiger partial charge in [0.1, 0.15) is 0 Å². The molecule has 0 saturated heterocycles. The Morgan fingerprint density at radius 1 is 0.457 bits per heavy atom. The minimum Gasteiger partial charge on any atom is -0.334 e. The number of nitrogens with zero attached hydrogens (tertiary/aromatic N) is 4. The molecule has 1 fully saturated rings. The lowest BCUT2D eigenvalue weighted by Gasteiger charge is -2.50. The molecule has 3 heterocycles. The van der Waals surface area contributed by atoms with Gasteiger partial charge in [0.05, 0.1) is 11.2 Å². The van der Waals surface area contributed by atoms with Crippen LogP contribution < -0.4 is 36.0 Å². The molecule has 3 aliphatic heterocycles. The normalized spacial score (nSPS) is 19.3. The van der Waals surface area contributed by atoms with E-state index >= 15 is 0 Å². The van der Waals surface area contributed by atoms with Crippen LogP contribution in [0.3, 0.4) is 0 Å². The fraction of sp³-hybridized carbons (Fsp3) is 0.289. The fourth-order valence-electron chi connectivity index (χ4n) is 15.4. The molecule has 2 aliphatic carbocycles. The van der Waals surface area contributed by atoms with Crippen LogP contribution in [0.5, 0.6) is 0 Å². The first-order chi connectivity index (χ1) is 38.8. The second kappa shape index (κ2) is 18.4. The van der Waals surface area contributed by atoms with Gasteiger partial charge >= 0.3 is 0 Å². The molecule has 5 aliphatic rings. The minimum atomic E-state index is -0.162. The van der Waals surface area contributed by atoms with E-state index in [0.29, 0.717) is 0 Å². The van der Waals surface area contributed by atoms with Crippen LogP contribution in [0.1, 0.15) is 128 Å². The summed E-state index contributed by atoms with van der Waals surface area (Å²) in [6.07, 6.45) is 6.83. The van der Waals surface area contributed by atoms with Crippen molar-refractivity contribution < 1.29 is 0 Å². The number of hydrogen-bond donors (Lipinski definition) is 0. The van der Waals surface area contributed by atoms with Gasteiger partial charge < -0.3 is 19.6 Å². The van der Waals surface area contributed by atoms with Crippen LogP contribution in [0.4, 0.5) is 62.6 Å². The van der Waals surface area contributed by atoms with E-state index in [-0.39, 0.29) is 33.9 Å². The molecule has 0 N–H and O–H groups in total. The Hall–Kier alpha value is -7.76. The Bertz CT molecular complexity index is 3900. The Morgan fingerprint density at radius 3 is 1.68 bits per heavy atom. The molecule has 9 aromatic rings. The molecule has 4 nitrogen and oxygen atoms in total. The number of para-hydroxylation sites is 2. The highest BCUT2D eigenvalue weighted by Gasteiger charge is 2.58. The number of benzene rings is 9. The van der Waals surface area contributed by atoms with E-state index in [0.717, 1.165) is 37.1 Å². The molecule has 1 saturated carbocycles. The van der Waals surface area contributed by atoms with Crippen molar-refractivity contribution >= 4 is 85.7 Å². The molecule has 404 valence electrons. The SMILES string of the molecule is Cc1cc2c3c(c1)N(c1ccc(C(C)(C)C)cc1-c1ccccc1)c1cc4c(cc1B3c1ccc(N3c5ccc(N(c6ccccc6)c6ccccc6)cc5C5(C)CCCCC35C)cc1N2c1ccc(C(C)(C)C)cc1)CC(C)(C)C4. The van der Waals surface area contributed by atoms with Crippen molar-refractivity contribution in [1.82, 2.24) is 0 Å². The molecule has 0 radical (unpaired) electrons. The maximum atomic E-state index is 2.79. The third-order valence-electron chi connectivity index (χ3n) is 19.7. The molecule has 5 heteroatoms. The van der Waals surface area contributed by atoms with Gasteiger partial charge in [0, 0.05) is 67.9 Å². The van der Waals surface area contributed by atoms with Crippen LogP contribution in [0.15, 0.2) is 194 Å². The zero-order valence-corrected chi connectivity index (χ0v) is 49.6. The molecular weight excluding hydrogens is 980 g/mol. The average Bonchev–Trinajstić information content (AvgIpc) is 2.56. The smallest absolute Gasteiger partial charge is 0.252 e. The second-order valence-corrected chi connectivity index (χ2v) is 27.8. The Kier molecular flexibility index (Phi) is 11.7. The van der Waals surface area contributed by atoms with E-state index in [1.165, 1.54) is 125 Å². The van der Waals surface area contributed by atoms with E-state index in [1.807, 2.05) is 0 Å². The summed E-state index contributed by atoms with van der Waals surface area (Å²) < 4.78 is 0. The molecule has 9 aromatic carbocycles. The third kappa shape index (κ3) is 8.14. The highest BCUT2D eigenvalue weighted by molar-refractivity contribution is 7.00. The zero-order chi connectivity index (χ0) is 56.0. The van der Waals surface area contributed by atoms with E-state index in [9.17, 15) is 0 Å². The number of anilines is 11. The third-order valence-corrected chi connectivity index (χ3v) is 19.7. The topological polar surface area (TPSA) is 13.0 Å². The van der Waals surface area contributed by atoms with Crippen molar-refractivity contribution in [2.45, 2.75) is 136 Å². The van der Waals surface area contributed by atoms with Crippen molar-refractivity contribution in [3.05, 3.63) is 228 Å². The fourth-order valence-corrected chi connectivity index (χ4v) is 15.4. The van der Waals surface area contributed by atoms with E-state index in [4.69, 9.17) is 0 Å². The molecule has 2 unspecified atom stereocenters. The lowest BCUT2D eigenvalue weighted by Crippen LogP contribution is -2.61. The van der Waals surface area contributed by atoms with Crippen LogP contribution >= 0.6 is 0 Å². The summed E-state index contributed by atoms with van der Waals surface area (Å²) in [5.74, 6) is 0. The Labute approximate surface area is 483 Å². The van der Waals surface area contributed by atoms with Crippen LogP contribution in [0.2, 0.25) is 0 Å². The average molecular weight is 1060 g/mol. The number of hydrogen-bond acceptors (Lipinski definition) is 4. The van der Waals surface area contributed by atoms with Gasteiger partial charge in [0.15, 0.2) is 0 Å². The van der Waals surface area contributed by atoms with Gasteiger partial charge in [-0.2, -0.15) is 0 Å². The predicted molar refractivity (Wildman–Crippen MR) is 347 cm³/mol. The van der Waals surface area contributed by atoms with Gasteiger partial charge in [-0.1, -0.05) is 172 Å². The van der Waals surface area contributed by atoms with Crippen LogP contribution in [-0.2, 0) is 29.1 Å². The maximum absolute atomic E-state index is 2.79. The molecule has 81 heavy (non-hydrogen) atoms. The van der Waals surface area contributed by atoms with Crippen molar-refractivity contribution in [1.29, 1.82) is 0 Å². The molecule has 0 spiro atoms.